The Morgan fingerprint density at radius 3 is 2.44 bits per heavy atom. The Hall–Kier alpha value is -0.303. The van der Waals surface area contributed by atoms with E-state index in [-0.39, 0.29) is 0 Å². The van der Waals surface area contributed by atoms with Crippen LogP contribution in [0.5, 0.6) is 0 Å². The molecule has 9 heavy (non-hydrogen) atoms. The van der Waals surface area contributed by atoms with E-state index in [4.69, 9.17) is 6.58 Å². The number of rotatable bonds is 3. The number of allylic oxidation sites excluding steroid dienone is 2. The van der Waals surface area contributed by atoms with Gasteiger partial charge in [0.1, 0.15) is 0 Å². The summed E-state index contributed by atoms with van der Waals surface area (Å²) >= 11 is 0. The second kappa shape index (κ2) is 3.67. The molecule has 0 aliphatic heterocycles. The minimum atomic E-state index is -1.12. The smallest absolute Gasteiger partial charge is 0.0675 e. The summed E-state index contributed by atoms with van der Waals surface area (Å²) in [6.07, 6.45) is 3.38. The Morgan fingerprint density at radius 2 is 2.11 bits per heavy atom. The van der Waals surface area contributed by atoms with E-state index >= 15 is 0 Å². The second-order valence-corrected chi connectivity index (χ2v) is 7.50. The molecule has 0 aliphatic carbocycles. The average Bonchev–Trinajstić information content (AvgIpc) is 1.84. The Bertz CT molecular complexity index is 112. The lowest BCUT2D eigenvalue weighted by Crippen LogP contribution is -2.20. The zero-order chi connectivity index (χ0) is 7.33. The van der Waals surface area contributed by atoms with Crippen LogP contribution in [-0.2, 0) is 0 Å². The fourth-order valence-electron chi connectivity index (χ4n) is 0.376. The first-order chi connectivity index (χ1) is 4.12. The summed E-state index contributed by atoms with van der Waals surface area (Å²) in [4.78, 5) is 0. The molecule has 0 aromatic rings. The third-order valence-corrected chi connectivity index (χ3v) is 4.17. The molecule has 0 N–H and O–H groups in total. The van der Waals surface area contributed by atoms with Gasteiger partial charge in [-0.15, -0.1) is 0 Å². The molecule has 0 aromatic carbocycles. The predicted molar refractivity (Wildman–Crippen MR) is 44.6 cm³/mol. The maximum absolute atomic E-state index is 5.17. The summed E-state index contributed by atoms with van der Waals surface area (Å²) in [5.41, 5.74) is 3.29. The molecule has 0 atom stereocenters. The molecule has 50 valence electrons. The van der Waals surface area contributed by atoms with Gasteiger partial charge < -0.3 is 0 Å². The molecule has 0 aliphatic rings. The van der Waals surface area contributed by atoms with Crippen LogP contribution in [0.4, 0.5) is 0 Å². The van der Waals surface area contributed by atoms with E-state index < -0.39 is 8.07 Å². The first-order valence-electron chi connectivity index (χ1n) is 3.27. The van der Waals surface area contributed by atoms with Crippen LogP contribution in [0.3, 0.4) is 0 Å². The normalized spacial score (nSPS) is 12.3. The SMILES string of the molecule is [CH]=C/C=[C]/[Si](C)(C)CC. The highest BCUT2D eigenvalue weighted by Gasteiger charge is 2.12. The van der Waals surface area contributed by atoms with Crippen LogP contribution in [0, 0.1) is 12.3 Å². The van der Waals surface area contributed by atoms with Gasteiger partial charge in [0.25, 0.3) is 0 Å². The van der Waals surface area contributed by atoms with Crippen molar-refractivity contribution >= 4 is 8.07 Å². The van der Waals surface area contributed by atoms with Crippen LogP contribution < -0.4 is 0 Å². The molecule has 2 radical (unpaired) electrons. The maximum atomic E-state index is 5.17. The van der Waals surface area contributed by atoms with Crippen molar-refractivity contribution in [3.63, 3.8) is 0 Å². The molecule has 0 rings (SSSR count). The van der Waals surface area contributed by atoms with Crippen LogP contribution in [0.15, 0.2) is 12.2 Å². The van der Waals surface area contributed by atoms with Crippen molar-refractivity contribution in [1.82, 2.24) is 0 Å². The van der Waals surface area contributed by atoms with Gasteiger partial charge in [0.2, 0.25) is 0 Å². The third-order valence-electron chi connectivity index (χ3n) is 1.45. The maximum Gasteiger partial charge on any atom is 0.0802 e. The van der Waals surface area contributed by atoms with Crippen LogP contribution in [0.1, 0.15) is 6.92 Å². The van der Waals surface area contributed by atoms with Crippen molar-refractivity contribution in [2.24, 2.45) is 0 Å². The van der Waals surface area contributed by atoms with Gasteiger partial charge in [-0.2, -0.15) is 0 Å². The number of hydrogen-bond donors (Lipinski definition) is 0. The standard InChI is InChI=1S/C8H14Si/c1-5-7-8-9(3,4)6-2/h1,5,7H,6H2,2-4H3. The van der Waals surface area contributed by atoms with Crippen molar-refractivity contribution in [3.05, 3.63) is 24.4 Å². The molecule has 0 fully saturated rings. The van der Waals surface area contributed by atoms with Crippen molar-refractivity contribution in [1.29, 1.82) is 0 Å². The van der Waals surface area contributed by atoms with E-state index in [1.54, 1.807) is 6.08 Å². The first kappa shape index (κ1) is 8.70. The molecule has 1 heteroatoms. The molecule has 0 nitrogen and oxygen atoms in total. The van der Waals surface area contributed by atoms with E-state index in [1.165, 1.54) is 6.04 Å². The molecular weight excluding hydrogens is 124 g/mol. The number of hydrogen-bond acceptors (Lipinski definition) is 0. The molecule has 0 unspecified atom stereocenters. The molecule has 0 aromatic heterocycles. The molecule has 0 saturated carbocycles. The van der Waals surface area contributed by atoms with Crippen LogP contribution in [0.2, 0.25) is 19.1 Å². The van der Waals surface area contributed by atoms with Gasteiger partial charge in [-0.05, 0) is 0 Å². The second-order valence-electron chi connectivity index (χ2n) is 2.74. The lowest BCUT2D eigenvalue weighted by atomic mass is 10.6. The van der Waals surface area contributed by atoms with Crippen molar-refractivity contribution in [2.45, 2.75) is 26.1 Å². The Kier molecular flexibility index (Phi) is 3.55. The Balaban J connectivity index is 3.84. The van der Waals surface area contributed by atoms with Gasteiger partial charge in [-0.3, -0.25) is 0 Å². The average molecular weight is 138 g/mol. The minimum absolute atomic E-state index is 1.12. The van der Waals surface area contributed by atoms with E-state index in [2.05, 4.69) is 25.7 Å². The quantitative estimate of drug-likeness (QED) is 0.415. The summed E-state index contributed by atoms with van der Waals surface area (Å²) < 4.78 is 0. The highest BCUT2D eigenvalue weighted by atomic mass is 28.3. The Labute approximate surface area is 59.3 Å². The summed E-state index contributed by atoms with van der Waals surface area (Å²) in [7, 11) is -1.12. The van der Waals surface area contributed by atoms with Gasteiger partial charge in [-0.25, -0.2) is 0 Å². The molecule has 0 bridgehead atoms. The molecule has 0 saturated heterocycles. The summed E-state index contributed by atoms with van der Waals surface area (Å²) in [6.45, 7) is 11.9. The van der Waals surface area contributed by atoms with Gasteiger partial charge in [0.15, 0.2) is 0 Å². The monoisotopic (exact) mass is 138 g/mol. The summed E-state index contributed by atoms with van der Waals surface area (Å²) in [5, 5.41) is 0. The van der Waals surface area contributed by atoms with Gasteiger partial charge in [-0.1, -0.05) is 50.5 Å². The summed E-state index contributed by atoms with van der Waals surface area (Å²) in [5.74, 6) is 0. The van der Waals surface area contributed by atoms with E-state index in [9.17, 15) is 0 Å². The lowest BCUT2D eigenvalue weighted by Gasteiger charge is -2.11. The highest BCUT2D eigenvalue weighted by Crippen LogP contribution is 2.07. The van der Waals surface area contributed by atoms with Crippen LogP contribution >= 0.6 is 0 Å². The molecule has 0 amide bonds. The summed E-state index contributed by atoms with van der Waals surface area (Å²) in [6, 6.07) is 1.23. The van der Waals surface area contributed by atoms with Crippen molar-refractivity contribution in [3.8, 4) is 0 Å². The molecular formula is C8H14Si. The van der Waals surface area contributed by atoms with Gasteiger partial charge >= 0.3 is 0 Å². The highest BCUT2D eigenvalue weighted by molar-refractivity contribution is 6.80. The topological polar surface area (TPSA) is 0 Å². The van der Waals surface area contributed by atoms with E-state index in [0.29, 0.717) is 0 Å². The Morgan fingerprint density at radius 1 is 1.56 bits per heavy atom. The zero-order valence-corrected chi connectivity index (χ0v) is 7.44. The first-order valence-corrected chi connectivity index (χ1v) is 6.47. The van der Waals surface area contributed by atoms with E-state index in [1.807, 2.05) is 6.08 Å². The minimum Gasteiger partial charge on any atom is -0.0675 e. The predicted octanol–water partition coefficient (Wildman–Crippen LogP) is 2.60. The van der Waals surface area contributed by atoms with E-state index in [0.717, 1.165) is 0 Å². The zero-order valence-electron chi connectivity index (χ0n) is 6.44. The van der Waals surface area contributed by atoms with Crippen LogP contribution in [-0.4, -0.2) is 8.07 Å². The van der Waals surface area contributed by atoms with Crippen LogP contribution in [0.25, 0.3) is 0 Å². The molecule has 0 spiro atoms. The van der Waals surface area contributed by atoms with Crippen molar-refractivity contribution in [2.75, 3.05) is 0 Å². The van der Waals surface area contributed by atoms with Gasteiger partial charge in [0.05, 0.1) is 8.07 Å². The van der Waals surface area contributed by atoms with Gasteiger partial charge in [0, 0.05) is 0 Å². The fourth-order valence-corrected chi connectivity index (χ4v) is 1.13. The van der Waals surface area contributed by atoms with Crippen molar-refractivity contribution < 1.29 is 0 Å². The lowest BCUT2D eigenvalue weighted by molar-refractivity contribution is 1.37. The third kappa shape index (κ3) is 4.22. The largest absolute Gasteiger partial charge is 0.0802 e. The fraction of sp³-hybridized carbons (Fsp3) is 0.500. The molecule has 0 heterocycles.